The molecule has 1 heterocycles. The minimum Gasteiger partial charge on any atom is -0.316 e. The van der Waals surface area contributed by atoms with Crippen LogP contribution >= 0.6 is 11.6 Å². The van der Waals surface area contributed by atoms with Gasteiger partial charge in [-0.2, -0.15) is 5.10 Å². The lowest BCUT2D eigenvalue weighted by atomic mass is 10.2. The summed E-state index contributed by atoms with van der Waals surface area (Å²) >= 11 is 6.00. The fraction of sp³-hybridized carbons (Fsp3) is 0.182. The zero-order valence-electron chi connectivity index (χ0n) is 10.5. The highest BCUT2D eigenvalue weighted by Gasteiger charge is 2.17. The van der Waals surface area contributed by atoms with Gasteiger partial charge < -0.3 is 5.32 Å². The van der Waals surface area contributed by atoms with Crippen molar-refractivity contribution in [2.75, 3.05) is 11.8 Å². The Balaban J connectivity index is 2.32. The van der Waals surface area contributed by atoms with E-state index in [-0.39, 0.29) is 10.8 Å². The fourth-order valence-electron chi connectivity index (χ4n) is 1.52. The maximum atomic E-state index is 12.2. The number of nitrogens with zero attached hydrogens (tertiary/aromatic N) is 3. The van der Waals surface area contributed by atoms with Gasteiger partial charge in [0.1, 0.15) is 0 Å². The number of hydrogen-bond acceptors (Lipinski definition) is 6. The van der Waals surface area contributed by atoms with Crippen molar-refractivity contribution in [1.29, 1.82) is 0 Å². The summed E-state index contributed by atoms with van der Waals surface area (Å²) in [5, 5.41) is 10.5. The molecule has 0 fully saturated rings. The second-order valence-electron chi connectivity index (χ2n) is 3.86. The van der Waals surface area contributed by atoms with Crippen LogP contribution in [0.5, 0.6) is 0 Å². The summed E-state index contributed by atoms with van der Waals surface area (Å²) in [6, 6.07) is 4.45. The Labute approximate surface area is 121 Å². The second-order valence-corrected chi connectivity index (χ2v) is 5.94. The van der Waals surface area contributed by atoms with E-state index in [4.69, 9.17) is 11.6 Å². The highest BCUT2D eigenvalue weighted by Crippen LogP contribution is 2.21. The molecular weight excluding hydrogens is 302 g/mol. The van der Waals surface area contributed by atoms with Crippen molar-refractivity contribution >= 4 is 27.6 Å². The molecule has 2 aromatic rings. The van der Waals surface area contributed by atoms with Crippen molar-refractivity contribution in [3.8, 4) is 0 Å². The Hall–Kier alpha value is -1.77. The SMILES string of the molecule is CNCc1cc(S(=O)(=O)Nc2nccnn2)ccc1Cl. The molecule has 0 unspecified atom stereocenters. The van der Waals surface area contributed by atoms with Crippen molar-refractivity contribution in [2.45, 2.75) is 11.4 Å². The Morgan fingerprint density at radius 1 is 1.30 bits per heavy atom. The molecule has 1 aromatic heterocycles. The third-order valence-electron chi connectivity index (χ3n) is 2.40. The molecular formula is C11H12ClN5O2S. The first-order chi connectivity index (χ1) is 9.53. The fourth-order valence-corrected chi connectivity index (χ4v) is 2.70. The van der Waals surface area contributed by atoms with Crippen LogP contribution in [0, 0.1) is 0 Å². The Bertz CT molecular complexity index is 693. The summed E-state index contributed by atoms with van der Waals surface area (Å²) in [5.74, 6) is -0.0855. The van der Waals surface area contributed by atoms with Gasteiger partial charge >= 0.3 is 0 Å². The Morgan fingerprint density at radius 2 is 2.10 bits per heavy atom. The van der Waals surface area contributed by atoms with Crippen LogP contribution in [0.4, 0.5) is 5.95 Å². The lowest BCUT2D eigenvalue weighted by molar-refractivity contribution is 0.600. The first kappa shape index (κ1) is 14.6. The zero-order valence-corrected chi connectivity index (χ0v) is 12.1. The van der Waals surface area contributed by atoms with E-state index in [0.29, 0.717) is 17.1 Å². The number of halogens is 1. The molecule has 0 saturated carbocycles. The van der Waals surface area contributed by atoms with E-state index in [1.165, 1.54) is 30.6 Å². The summed E-state index contributed by atoms with van der Waals surface area (Å²) in [6.45, 7) is 0.464. The molecule has 106 valence electrons. The zero-order chi connectivity index (χ0) is 14.6. The largest absolute Gasteiger partial charge is 0.316 e. The van der Waals surface area contributed by atoms with E-state index in [9.17, 15) is 8.42 Å². The summed E-state index contributed by atoms with van der Waals surface area (Å²) in [4.78, 5) is 3.85. The molecule has 2 N–H and O–H groups in total. The molecule has 0 amide bonds. The van der Waals surface area contributed by atoms with Gasteiger partial charge in [-0.25, -0.2) is 18.1 Å². The van der Waals surface area contributed by atoms with Gasteiger partial charge in [0.25, 0.3) is 16.0 Å². The van der Waals surface area contributed by atoms with E-state index in [1.807, 2.05) is 0 Å². The van der Waals surface area contributed by atoms with Crippen LogP contribution in [0.2, 0.25) is 5.02 Å². The number of rotatable bonds is 5. The van der Waals surface area contributed by atoms with Gasteiger partial charge in [-0.15, -0.1) is 5.10 Å². The molecule has 0 aliphatic carbocycles. The van der Waals surface area contributed by atoms with Gasteiger partial charge in [0, 0.05) is 11.6 Å². The monoisotopic (exact) mass is 313 g/mol. The normalized spacial score (nSPS) is 11.3. The van der Waals surface area contributed by atoms with E-state index >= 15 is 0 Å². The van der Waals surface area contributed by atoms with Crippen LogP contribution in [0.1, 0.15) is 5.56 Å². The van der Waals surface area contributed by atoms with Crippen molar-refractivity contribution in [3.05, 3.63) is 41.2 Å². The molecule has 7 nitrogen and oxygen atoms in total. The topological polar surface area (TPSA) is 96.9 Å². The molecule has 1 aromatic carbocycles. The minimum absolute atomic E-state index is 0.0830. The Morgan fingerprint density at radius 3 is 2.75 bits per heavy atom. The van der Waals surface area contributed by atoms with E-state index in [0.717, 1.165) is 0 Å². The maximum Gasteiger partial charge on any atom is 0.264 e. The van der Waals surface area contributed by atoms with Crippen LogP contribution < -0.4 is 10.0 Å². The average Bonchev–Trinajstić information content (AvgIpc) is 2.42. The first-order valence-electron chi connectivity index (χ1n) is 5.62. The predicted octanol–water partition coefficient (Wildman–Crippen LogP) is 1.05. The van der Waals surface area contributed by atoms with Gasteiger partial charge in [-0.05, 0) is 30.8 Å². The minimum atomic E-state index is -3.77. The smallest absolute Gasteiger partial charge is 0.264 e. The number of hydrogen-bond donors (Lipinski definition) is 2. The molecule has 0 bridgehead atoms. The third-order valence-corrected chi connectivity index (χ3v) is 4.10. The molecule has 9 heteroatoms. The highest BCUT2D eigenvalue weighted by atomic mass is 35.5. The van der Waals surface area contributed by atoms with Crippen LogP contribution in [0.3, 0.4) is 0 Å². The van der Waals surface area contributed by atoms with E-state index in [1.54, 1.807) is 7.05 Å². The van der Waals surface area contributed by atoms with Crippen molar-refractivity contribution in [2.24, 2.45) is 0 Å². The van der Waals surface area contributed by atoms with Gasteiger partial charge in [0.05, 0.1) is 17.3 Å². The van der Waals surface area contributed by atoms with Crippen LogP contribution in [-0.4, -0.2) is 30.6 Å². The van der Waals surface area contributed by atoms with Crippen LogP contribution in [0.25, 0.3) is 0 Å². The molecule has 0 aliphatic rings. The van der Waals surface area contributed by atoms with Crippen molar-refractivity contribution < 1.29 is 8.42 Å². The standard InChI is InChI=1S/C11H12ClN5O2S/c1-13-7-8-6-9(2-3-10(8)12)20(18,19)17-11-14-4-5-15-16-11/h2-6,13H,7H2,1H3,(H,14,16,17). The quantitative estimate of drug-likeness (QED) is 0.856. The number of benzene rings is 1. The molecule has 0 aliphatic heterocycles. The van der Waals surface area contributed by atoms with Crippen molar-refractivity contribution in [3.63, 3.8) is 0 Å². The Kier molecular flexibility index (Phi) is 4.48. The molecule has 0 spiro atoms. The van der Waals surface area contributed by atoms with Gasteiger partial charge in [-0.1, -0.05) is 11.6 Å². The maximum absolute atomic E-state index is 12.2. The number of anilines is 1. The lowest BCUT2D eigenvalue weighted by Crippen LogP contribution is -2.16. The predicted molar refractivity (Wildman–Crippen MR) is 74.9 cm³/mol. The lowest BCUT2D eigenvalue weighted by Gasteiger charge is -2.09. The highest BCUT2D eigenvalue weighted by molar-refractivity contribution is 7.92. The van der Waals surface area contributed by atoms with Gasteiger partial charge in [-0.3, -0.25) is 0 Å². The van der Waals surface area contributed by atoms with Crippen molar-refractivity contribution in [1.82, 2.24) is 20.5 Å². The second kappa shape index (κ2) is 6.12. The molecule has 0 atom stereocenters. The summed E-state index contributed by atoms with van der Waals surface area (Å²) < 4.78 is 26.6. The van der Waals surface area contributed by atoms with Gasteiger partial charge in [0.2, 0.25) is 0 Å². The molecule has 20 heavy (non-hydrogen) atoms. The summed E-state index contributed by atoms with van der Waals surface area (Å²) in [5.41, 5.74) is 0.684. The number of sulfonamides is 1. The van der Waals surface area contributed by atoms with E-state index < -0.39 is 10.0 Å². The van der Waals surface area contributed by atoms with Crippen LogP contribution in [0.15, 0.2) is 35.5 Å². The third kappa shape index (κ3) is 3.41. The first-order valence-corrected chi connectivity index (χ1v) is 7.48. The molecule has 0 radical (unpaired) electrons. The number of aromatic nitrogens is 3. The summed E-state index contributed by atoms with van der Waals surface area (Å²) in [7, 11) is -2.02. The average molecular weight is 314 g/mol. The molecule has 2 rings (SSSR count). The molecule has 0 saturated heterocycles. The summed E-state index contributed by atoms with van der Waals surface area (Å²) in [6.07, 6.45) is 2.70. The number of nitrogens with one attached hydrogen (secondary N) is 2. The van der Waals surface area contributed by atoms with Crippen LogP contribution in [-0.2, 0) is 16.6 Å². The van der Waals surface area contributed by atoms with Gasteiger partial charge in [0.15, 0.2) is 0 Å². The van der Waals surface area contributed by atoms with E-state index in [2.05, 4.69) is 25.2 Å².